The minimum absolute atomic E-state index is 0.0107. The second-order valence-corrected chi connectivity index (χ2v) is 42.4. The van der Waals surface area contributed by atoms with Gasteiger partial charge >= 0.3 is 11.9 Å². The summed E-state index contributed by atoms with van der Waals surface area (Å²) in [7, 11) is -4.47. The molecule has 0 aromatic carbocycles. The molecule has 2 saturated heterocycles. The van der Waals surface area contributed by atoms with E-state index < -0.39 is 97.2 Å². The zero-order valence-electron chi connectivity index (χ0n) is 54.1. The maximum atomic E-state index is 14.0. The van der Waals surface area contributed by atoms with Crippen LogP contribution in [0.4, 0.5) is 0 Å². The molecule has 14 nitrogen and oxygen atoms in total. The van der Waals surface area contributed by atoms with Gasteiger partial charge in [-0.3, -0.25) is 9.59 Å². The third-order valence-electron chi connectivity index (χ3n) is 17.9. The van der Waals surface area contributed by atoms with E-state index >= 15 is 0 Å². The summed E-state index contributed by atoms with van der Waals surface area (Å²) in [5, 5.41) is 35.0. The highest BCUT2D eigenvalue weighted by molar-refractivity contribution is 6.75. The molecule has 0 aromatic heterocycles. The summed E-state index contributed by atoms with van der Waals surface area (Å²) in [6.45, 7) is 42.4. The van der Waals surface area contributed by atoms with Gasteiger partial charge in [0.25, 0.3) is 0 Å². The number of methoxy groups -OCH3 is 2. The van der Waals surface area contributed by atoms with E-state index in [2.05, 4.69) is 122 Å². The molecule has 17 heteroatoms. The van der Waals surface area contributed by atoms with Crippen molar-refractivity contribution in [2.45, 2.75) is 275 Å². The first kappa shape index (κ1) is 72.6. The van der Waals surface area contributed by atoms with Crippen molar-refractivity contribution in [3.05, 3.63) is 85.1 Å². The van der Waals surface area contributed by atoms with Crippen LogP contribution in [0.2, 0.25) is 54.4 Å². The molecule has 3 aliphatic rings. The van der Waals surface area contributed by atoms with Gasteiger partial charge in [0.2, 0.25) is 0 Å². The van der Waals surface area contributed by atoms with Crippen molar-refractivity contribution in [1.29, 1.82) is 0 Å². The lowest BCUT2D eigenvalue weighted by molar-refractivity contribution is -0.309. The van der Waals surface area contributed by atoms with Gasteiger partial charge in [0, 0.05) is 45.1 Å². The molecule has 0 aliphatic carbocycles. The van der Waals surface area contributed by atoms with Crippen LogP contribution < -0.4 is 0 Å². The molecular weight excluding hydrogens is 1080 g/mol. The van der Waals surface area contributed by atoms with Gasteiger partial charge < -0.3 is 57.0 Å². The van der Waals surface area contributed by atoms with Gasteiger partial charge in [-0.2, -0.15) is 0 Å². The largest absolute Gasteiger partial charge is 0.469 e. The Kier molecular flexibility index (Phi) is 27.5. The lowest BCUT2D eigenvalue weighted by Gasteiger charge is -2.51. The number of rotatable bonds is 8. The second kappa shape index (κ2) is 30.6. The molecule has 3 N–H and O–H groups in total. The van der Waals surface area contributed by atoms with Crippen LogP contribution in [0.5, 0.6) is 0 Å². The highest BCUT2D eigenvalue weighted by Gasteiger charge is 2.56. The van der Waals surface area contributed by atoms with E-state index in [1.807, 2.05) is 87.6 Å². The van der Waals surface area contributed by atoms with E-state index in [4.69, 9.17) is 41.7 Å². The van der Waals surface area contributed by atoms with E-state index in [0.29, 0.717) is 12.8 Å². The molecule has 3 rings (SSSR count). The maximum Gasteiger partial charge on any atom is 0.313 e. The van der Waals surface area contributed by atoms with Crippen LogP contribution in [0.3, 0.4) is 0 Å². The van der Waals surface area contributed by atoms with Crippen LogP contribution >= 0.6 is 0 Å². The number of aliphatic hydroxyl groups is 3. The summed E-state index contributed by atoms with van der Waals surface area (Å²) >= 11 is 0. The molecule has 14 atom stereocenters. The standard InChI is InChI=1S/C64H112O14Si3/c1-45-35-33-31-29-27-25-23-24-26-28-30-32-34-36-48(65)39-54-57(59(69)70-15)55(77-80(19,20)61(7,8)9)44-64(71-16,75-54)43-51(76-79(17,18)60(4,5)6)41-53(67)52(66)38-37-49-40-50(74-63(13,14)73-49)42-56(68)72-47(3)46(2)58(45)78-81(21,22)62(10,11)12/h23-36,45-55,57-58,65-67H,37-44H2,1-22H3/b24-23+,27-25+,28-26+,31-29+,32-30+,35-33+,36-34+/t45-,46-,47-,48-,49+,50+,51-,52+,53+,54-,55-,57-,58+,64+/m0/s1. The van der Waals surface area contributed by atoms with Crippen molar-refractivity contribution < 1.29 is 66.6 Å². The smallest absolute Gasteiger partial charge is 0.313 e. The van der Waals surface area contributed by atoms with E-state index in [-0.39, 0.29) is 83.7 Å². The molecular formula is C64H112O14Si3. The first-order valence-electron chi connectivity index (χ1n) is 29.8. The summed E-state index contributed by atoms with van der Waals surface area (Å²) in [5.74, 6) is -4.35. The van der Waals surface area contributed by atoms with Crippen molar-refractivity contribution in [3.8, 4) is 0 Å². The Labute approximate surface area is 493 Å². The topological polar surface area (TPSA) is 178 Å². The molecule has 0 radical (unpaired) electrons. The van der Waals surface area contributed by atoms with Crippen molar-refractivity contribution in [3.63, 3.8) is 0 Å². The van der Waals surface area contributed by atoms with Gasteiger partial charge in [0.1, 0.15) is 12.0 Å². The summed E-state index contributed by atoms with van der Waals surface area (Å²) in [4.78, 5) is 27.8. The Balaban J connectivity index is 2.11. The van der Waals surface area contributed by atoms with Crippen molar-refractivity contribution in [1.82, 2.24) is 0 Å². The number of ether oxygens (including phenoxy) is 6. The first-order chi connectivity index (χ1) is 37.2. The van der Waals surface area contributed by atoms with E-state index in [0.717, 1.165) is 0 Å². The maximum absolute atomic E-state index is 14.0. The molecule has 0 unspecified atom stereocenters. The molecule has 2 fully saturated rings. The van der Waals surface area contributed by atoms with E-state index in [9.17, 15) is 24.9 Å². The minimum atomic E-state index is -2.57. The molecule has 3 heterocycles. The van der Waals surface area contributed by atoms with Crippen molar-refractivity contribution in [2.24, 2.45) is 17.8 Å². The number of allylic oxidation sites excluding steroid dienone is 12. The number of aliphatic hydroxyl groups excluding tert-OH is 3. The molecule has 81 heavy (non-hydrogen) atoms. The average Bonchev–Trinajstić information content (AvgIpc) is 3.32. The SMILES string of the molecule is COC(=O)[C@H]1[C@@H]2C[C@@H](O)/C=C/C=C/C=C/C=C/C=C/C=C/C=C/[C@H](C)[C@@H](O[Si](C)(C)C(C)(C)C)[C@@H](C)[C@H](C)OC(=O)C[C@H]3C[C@@H](CC[C@@H](O)[C@H](O)C[C@H](O[Si](C)(C)C(C)(C)C)C[C@](OC)(C[C@@H]1O[Si](C)(C)C(C)(C)C)O2)OC(C)(C)O3. The predicted octanol–water partition coefficient (Wildman–Crippen LogP) is 13.5. The van der Waals surface area contributed by atoms with Crippen LogP contribution in [0.15, 0.2) is 85.1 Å². The predicted molar refractivity (Wildman–Crippen MR) is 333 cm³/mol. The Bertz CT molecular complexity index is 2180. The van der Waals surface area contributed by atoms with Crippen LogP contribution in [-0.2, 0) is 51.3 Å². The van der Waals surface area contributed by atoms with Crippen LogP contribution in [0, 0.1) is 17.8 Å². The van der Waals surface area contributed by atoms with Gasteiger partial charge in [-0.05, 0) is 93.9 Å². The number of carbonyl (C=O) groups excluding carboxylic acids is 2. The van der Waals surface area contributed by atoms with E-state index in [1.54, 1.807) is 19.3 Å². The second-order valence-electron chi connectivity index (χ2n) is 28.2. The summed E-state index contributed by atoms with van der Waals surface area (Å²) in [6.07, 6.45) is 20.8. The summed E-state index contributed by atoms with van der Waals surface area (Å²) in [5.41, 5.74) is 0. The fourth-order valence-electron chi connectivity index (χ4n) is 9.86. The lowest BCUT2D eigenvalue weighted by Crippen LogP contribution is -2.60. The normalized spacial score (nSPS) is 35.8. The third kappa shape index (κ3) is 22.6. The number of fused-ring (bicyclic) bond motifs is 4. The van der Waals surface area contributed by atoms with E-state index in [1.165, 1.54) is 7.11 Å². The van der Waals surface area contributed by atoms with Crippen LogP contribution in [0.1, 0.15) is 148 Å². The number of esters is 2. The summed E-state index contributed by atoms with van der Waals surface area (Å²) < 4.78 is 59.3. The van der Waals surface area contributed by atoms with Crippen LogP contribution in [0.25, 0.3) is 0 Å². The molecule has 4 bridgehead atoms. The fraction of sp³-hybridized carbons (Fsp3) is 0.750. The number of hydrogen-bond acceptors (Lipinski definition) is 14. The number of hydrogen-bond donors (Lipinski definition) is 3. The molecule has 0 amide bonds. The van der Waals surface area contributed by atoms with Gasteiger partial charge in [-0.1, -0.05) is 161 Å². The van der Waals surface area contributed by atoms with Gasteiger partial charge in [0.05, 0.1) is 68.5 Å². The molecule has 3 aliphatic heterocycles. The van der Waals surface area contributed by atoms with Crippen LogP contribution in [-0.4, -0.2) is 139 Å². The zero-order valence-corrected chi connectivity index (χ0v) is 57.1. The first-order valence-corrected chi connectivity index (χ1v) is 38.5. The summed E-state index contributed by atoms with van der Waals surface area (Å²) in [6, 6.07) is 0. The molecule has 464 valence electrons. The lowest BCUT2D eigenvalue weighted by atomic mass is 9.82. The molecule has 0 spiro atoms. The quantitative estimate of drug-likeness (QED) is 0.154. The highest BCUT2D eigenvalue weighted by Crippen LogP contribution is 2.47. The van der Waals surface area contributed by atoms with Gasteiger partial charge in [-0.15, -0.1) is 0 Å². The van der Waals surface area contributed by atoms with Gasteiger partial charge in [-0.25, -0.2) is 0 Å². The van der Waals surface area contributed by atoms with Gasteiger partial charge in [0.15, 0.2) is 36.5 Å². The Morgan fingerprint density at radius 3 is 1.59 bits per heavy atom. The Morgan fingerprint density at radius 1 is 0.605 bits per heavy atom. The average molecular weight is 1190 g/mol. The van der Waals surface area contributed by atoms with Crippen molar-refractivity contribution in [2.75, 3.05) is 14.2 Å². The fourth-order valence-corrected chi connectivity index (χ4v) is 14.0. The monoisotopic (exact) mass is 1190 g/mol. The van der Waals surface area contributed by atoms with Crippen molar-refractivity contribution >= 4 is 36.9 Å². The molecule has 0 aromatic rings. The zero-order chi connectivity index (χ0) is 61.6. The number of cyclic esters (lactones) is 1. The highest BCUT2D eigenvalue weighted by atomic mass is 28.4. The third-order valence-corrected chi connectivity index (χ3v) is 31.4. The Hall–Kier alpha value is -2.63. The minimum Gasteiger partial charge on any atom is -0.469 e. The Morgan fingerprint density at radius 2 is 1.09 bits per heavy atom. The molecule has 0 saturated carbocycles. The number of carbonyl (C=O) groups is 2.